The van der Waals surface area contributed by atoms with Crippen molar-refractivity contribution >= 4 is 11.7 Å². The lowest BCUT2D eigenvalue weighted by molar-refractivity contribution is -0.142. The van der Waals surface area contributed by atoms with Crippen LogP contribution in [0.2, 0.25) is 0 Å². The third-order valence-corrected chi connectivity index (χ3v) is 1.78. The second-order valence-corrected chi connectivity index (χ2v) is 2.77. The van der Waals surface area contributed by atoms with Crippen LogP contribution in [0.1, 0.15) is 0 Å². The van der Waals surface area contributed by atoms with Gasteiger partial charge >= 0.3 is 5.97 Å². The molecule has 76 valence electrons. The predicted octanol–water partition coefficient (Wildman–Crippen LogP) is 0.632. The molecule has 4 heteroatoms. The molecule has 0 amide bonds. The van der Waals surface area contributed by atoms with Crippen LogP contribution in [0.4, 0.5) is 5.69 Å². The number of nitrogens with one attached hydrogen (secondary N) is 1. The van der Waals surface area contributed by atoms with Gasteiger partial charge in [0.1, 0.15) is 6.04 Å². The Kier molecular flexibility index (Phi) is 3.94. The molecule has 0 aliphatic carbocycles. The number of methoxy groups -OCH3 is 1. The van der Waals surface area contributed by atoms with E-state index in [9.17, 15) is 4.79 Å². The van der Waals surface area contributed by atoms with Crippen LogP contribution in [-0.2, 0) is 9.53 Å². The van der Waals surface area contributed by atoms with Crippen LogP contribution in [0.15, 0.2) is 30.3 Å². The van der Waals surface area contributed by atoms with E-state index in [1.807, 2.05) is 30.3 Å². The highest BCUT2D eigenvalue weighted by molar-refractivity contribution is 5.79. The van der Waals surface area contributed by atoms with Crippen molar-refractivity contribution in [3.05, 3.63) is 30.3 Å². The van der Waals surface area contributed by atoms with Gasteiger partial charge in [-0.1, -0.05) is 18.2 Å². The number of hydrogen-bond donors (Lipinski definition) is 2. The molecule has 1 rings (SSSR count). The number of aliphatic hydroxyl groups excluding tert-OH is 1. The van der Waals surface area contributed by atoms with Crippen LogP contribution in [0.5, 0.6) is 0 Å². The van der Waals surface area contributed by atoms with E-state index in [4.69, 9.17) is 5.11 Å². The largest absolute Gasteiger partial charge is 0.467 e. The molecule has 0 spiro atoms. The molecule has 1 aromatic carbocycles. The lowest BCUT2D eigenvalue weighted by Crippen LogP contribution is -2.33. The number of benzene rings is 1. The topological polar surface area (TPSA) is 58.6 Å². The molecule has 0 fully saturated rings. The van der Waals surface area contributed by atoms with Crippen LogP contribution in [0.25, 0.3) is 0 Å². The summed E-state index contributed by atoms with van der Waals surface area (Å²) in [5, 5.41) is 11.8. The number of aliphatic hydroxyl groups is 1. The number of carbonyl (C=O) groups excluding carboxylic acids is 1. The van der Waals surface area contributed by atoms with Gasteiger partial charge in [0.2, 0.25) is 0 Å². The molecule has 2 N–H and O–H groups in total. The molecule has 1 aromatic rings. The summed E-state index contributed by atoms with van der Waals surface area (Å²) in [6, 6.07) is 8.47. The maximum absolute atomic E-state index is 11.1. The minimum atomic E-state index is -0.706. The molecule has 14 heavy (non-hydrogen) atoms. The van der Waals surface area contributed by atoms with E-state index in [1.54, 1.807) is 0 Å². The highest BCUT2D eigenvalue weighted by Gasteiger charge is 2.16. The number of anilines is 1. The first-order valence-electron chi connectivity index (χ1n) is 4.28. The molecule has 0 radical (unpaired) electrons. The van der Waals surface area contributed by atoms with E-state index < -0.39 is 12.0 Å². The fourth-order valence-electron chi connectivity index (χ4n) is 1.06. The molecule has 0 saturated heterocycles. The van der Waals surface area contributed by atoms with Crippen LogP contribution in [-0.4, -0.2) is 30.8 Å². The summed E-state index contributed by atoms with van der Waals surface area (Å²) in [6.45, 7) is -0.290. The first-order chi connectivity index (χ1) is 6.77. The number of ether oxygens (including phenoxy) is 1. The third-order valence-electron chi connectivity index (χ3n) is 1.78. The van der Waals surface area contributed by atoms with Gasteiger partial charge in [-0.15, -0.1) is 0 Å². The van der Waals surface area contributed by atoms with Gasteiger partial charge in [0, 0.05) is 5.69 Å². The summed E-state index contributed by atoms with van der Waals surface area (Å²) in [5.74, 6) is -0.476. The van der Waals surface area contributed by atoms with Gasteiger partial charge in [-0.3, -0.25) is 0 Å². The van der Waals surface area contributed by atoms with Gasteiger partial charge in [0.25, 0.3) is 0 Å². The second kappa shape index (κ2) is 5.24. The first kappa shape index (κ1) is 10.5. The number of esters is 1. The fraction of sp³-hybridized carbons (Fsp3) is 0.300. The number of para-hydroxylation sites is 1. The minimum absolute atomic E-state index is 0.290. The Morgan fingerprint density at radius 2 is 2.14 bits per heavy atom. The van der Waals surface area contributed by atoms with Crippen LogP contribution in [0, 0.1) is 0 Å². The first-order valence-corrected chi connectivity index (χ1v) is 4.28. The molecule has 0 saturated carbocycles. The number of rotatable bonds is 4. The molecule has 4 nitrogen and oxygen atoms in total. The zero-order chi connectivity index (χ0) is 10.4. The zero-order valence-corrected chi connectivity index (χ0v) is 7.93. The Balaban J connectivity index is 2.62. The van der Waals surface area contributed by atoms with Gasteiger partial charge in [0.15, 0.2) is 0 Å². The molecule has 0 aliphatic heterocycles. The van der Waals surface area contributed by atoms with Gasteiger partial charge in [0.05, 0.1) is 13.7 Å². The van der Waals surface area contributed by atoms with Crippen molar-refractivity contribution in [2.24, 2.45) is 0 Å². The molecule has 0 heterocycles. The van der Waals surface area contributed by atoms with Crippen molar-refractivity contribution in [2.45, 2.75) is 6.04 Å². The molecule has 1 unspecified atom stereocenters. The van der Waals surface area contributed by atoms with E-state index in [2.05, 4.69) is 10.1 Å². The van der Waals surface area contributed by atoms with Crippen LogP contribution in [0.3, 0.4) is 0 Å². The Hall–Kier alpha value is -1.55. The summed E-state index contributed by atoms with van der Waals surface area (Å²) in [5.41, 5.74) is 0.775. The quantitative estimate of drug-likeness (QED) is 0.692. The second-order valence-electron chi connectivity index (χ2n) is 2.77. The van der Waals surface area contributed by atoms with Crippen molar-refractivity contribution in [3.63, 3.8) is 0 Å². The predicted molar refractivity (Wildman–Crippen MR) is 53.0 cm³/mol. The third kappa shape index (κ3) is 2.74. The van der Waals surface area contributed by atoms with Crippen molar-refractivity contribution in [1.29, 1.82) is 0 Å². The zero-order valence-electron chi connectivity index (χ0n) is 7.93. The maximum atomic E-state index is 11.1. The molecule has 1 atom stereocenters. The average Bonchev–Trinajstić information content (AvgIpc) is 2.26. The molecule has 0 bridgehead atoms. The lowest BCUT2D eigenvalue weighted by atomic mass is 10.2. The van der Waals surface area contributed by atoms with Gasteiger partial charge < -0.3 is 15.2 Å². The Bertz CT molecular complexity index is 287. The van der Waals surface area contributed by atoms with Crippen molar-refractivity contribution in [1.82, 2.24) is 0 Å². The summed E-state index contributed by atoms with van der Waals surface area (Å²) in [7, 11) is 1.29. The van der Waals surface area contributed by atoms with Crippen LogP contribution < -0.4 is 5.32 Å². The highest BCUT2D eigenvalue weighted by Crippen LogP contribution is 2.07. The molecular weight excluding hydrogens is 182 g/mol. The minimum Gasteiger partial charge on any atom is -0.467 e. The highest BCUT2D eigenvalue weighted by atomic mass is 16.5. The number of hydrogen-bond acceptors (Lipinski definition) is 4. The van der Waals surface area contributed by atoms with Crippen LogP contribution >= 0.6 is 0 Å². The van der Waals surface area contributed by atoms with E-state index in [-0.39, 0.29) is 6.61 Å². The van der Waals surface area contributed by atoms with E-state index in [0.29, 0.717) is 0 Å². The lowest BCUT2D eigenvalue weighted by Gasteiger charge is -2.14. The molecular formula is C10H13NO3. The molecule has 0 aliphatic rings. The molecule has 0 aromatic heterocycles. The van der Waals surface area contributed by atoms with E-state index >= 15 is 0 Å². The van der Waals surface area contributed by atoms with Gasteiger partial charge in [-0.25, -0.2) is 4.79 Å². The Labute approximate surface area is 82.5 Å². The van der Waals surface area contributed by atoms with Crippen molar-refractivity contribution in [2.75, 3.05) is 19.0 Å². The average molecular weight is 195 g/mol. The van der Waals surface area contributed by atoms with E-state index in [1.165, 1.54) is 7.11 Å². The van der Waals surface area contributed by atoms with Gasteiger partial charge in [-0.2, -0.15) is 0 Å². The summed E-state index contributed by atoms with van der Waals surface area (Å²) in [6.07, 6.45) is 0. The normalized spacial score (nSPS) is 11.9. The summed E-state index contributed by atoms with van der Waals surface area (Å²) >= 11 is 0. The standard InChI is InChI=1S/C10H13NO3/c1-14-10(13)9(7-12)11-8-5-3-2-4-6-8/h2-6,9,11-12H,7H2,1H3. The van der Waals surface area contributed by atoms with Crippen molar-refractivity contribution < 1.29 is 14.6 Å². The van der Waals surface area contributed by atoms with E-state index in [0.717, 1.165) is 5.69 Å². The Morgan fingerprint density at radius 3 is 2.64 bits per heavy atom. The SMILES string of the molecule is COC(=O)C(CO)Nc1ccccc1. The maximum Gasteiger partial charge on any atom is 0.330 e. The summed E-state index contributed by atoms with van der Waals surface area (Å²) in [4.78, 5) is 11.1. The van der Waals surface area contributed by atoms with Gasteiger partial charge in [-0.05, 0) is 12.1 Å². The number of carbonyl (C=O) groups is 1. The summed E-state index contributed by atoms with van der Waals surface area (Å²) < 4.78 is 4.51. The fourth-order valence-corrected chi connectivity index (χ4v) is 1.06. The Morgan fingerprint density at radius 1 is 1.50 bits per heavy atom. The monoisotopic (exact) mass is 195 g/mol. The smallest absolute Gasteiger partial charge is 0.330 e. The van der Waals surface area contributed by atoms with Crippen molar-refractivity contribution in [3.8, 4) is 0 Å².